The summed E-state index contributed by atoms with van der Waals surface area (Å²) in [5.41, 5.74) is 0. The number of amides is 1. The molecule has 0 atom stereocenters. The van der Waals surface area contributed by atoms with Crippen LogP contribution in [0.2, 0.25) is 0 Å². The molecule has 0 spiro atoms. The standard InChI is InChI=1S/C16H26N2O4S/c1-4-5-10-18-23(20,21)15-8-6-14(7-9-15)22-12-16(19)17-11-13(2)3/h6-9,13,18H,4-5,10-12H2,1-3H3,(H,17,19). The van der Waals surface area contributed by atoms with Crippen molar-refractivity contribution in [3.05, 3.63) is 24.3 Å². The molecule has 0 saturated heterocycles. The first-order valence-corrected chi connectivity index (χ1v) is 9.32. The van der Waals surface area contributed by atoms with Crippen LogP contribution in [0.1, 0.15) is 33.6 Å². The Morgan fingerprint density at radius 1 is 1.22 bits per heavy atom. The summed E-state index contributed by atoms with van der Waals surface area (Å²) >= 11 is 0. The Hall–Kier alpha value is -1.60. The van der Waals surface area contributed by atoms with E-state index in [1.54, 1.807) is 12.1 Å². The molecule has 0 saturated carbocycles. The maximum absolute atomic E-state index is 12.0. The maximum Gasteiger partial charge on any atom is 0.257 e. The van der Waals surface area contributed by atoms with Crippen LogP contribution in [0.5, 0.6) is 5.75 Å². The van der Waals surface area contributed by atoms with Crippen molar-refractivity contribution in [1.82, 2.24) is 10.0 Å². The number of carbonyl (C=O) groups is 1. The van der Waals surface area contributed by atoms with Gasteiger partial charge in [-0.25, -0.2) is 13.1 Å². The first-order valence-electron chi connectivity index (χ1n) is 7.84. The van der Waals surface area contributed by atoms with E-state index in [0.717, 1.165) is 12.8 Å². The number of ether oxygens (including phenoxy) is 1. The summed E-state index contributed by atoms with van der Waals surface area (Å²) in [6.45, 7) is 6.95. The van der Waals surface area contributed by atoms with Crippen LogP contribution >= 0.6 is 0 Å². The van der Waals surface area contributed by atoms with E-state index >= 15 is 0 Å². The largest absolute Gasteiger partial charge is 0.484 e. The van der Waals surface area contributed by atoms with Crippen LogP contribution in [0.3, 0.4) is 0 Å². The molecular formula is C16H26N2O4S. The van der Waals surface area contributed by atoms with Crippen molar-refractivity contribution in [2.75, 3.05) is 19.7 Å². The second kappa shape index (κ2) is 9.52. The lowest BCUT2D eigenvalue weighted by Crippen LogP contribution is -2.31. The van der Waals surface area contributed by atoms with Crippen molar-refractivity contribution in [3.8, 4) is 5.75 Å². The molecule has 1 aromatic carbocycles. The van der Waals surface area contributed by atoms with Gasteiger partial charge >= 0.3 is 0 Å². The lowest BCUT2D eigenvalue weighted by molar-refractivity contribution is -0.123. The van der Waals surface area contributed by atoms with Gasteiger partial charge in [0.1, 0.15) is 5.75 Å². The molecule has 0 fully saturated rings. The van der Waals surface area contributed by atoms with Crippen molar-refractivity contribution >= 4 is 15.9 Å². The Labute approximate surface area is 138 Å². The Morgan fingerprint density at radius 2 is 1.87 bits per heavy atom. The zero-order valence-electron chi connectivity index (χ0n) is 14.0. The number of nitrogens with one attached hydrogen (secondary N) is 2. The van der Waals surface area contributed by atoms with Crippen LogP contribution in [0.25, 0.3) is 0 Å². The van der Waals surface area contributed by atoms with Crippen molar-refractivity contribution in [2.24, 2.45) is 5.92 Å². The van der Waals surface area contributed by atoms with Crippen LogP contribution in [-0.4, -0.2) is 34.0 Å². The summed E-state index contributed by atoms with van der Waals surface area (Å²) in [7, 11) is -3.48. The monoisotopic (exact) mass is 342 g/mol. The van der Waals surface area contributed by atoms with Gasteiger partial charge in [0.2, 0.25) is 10.0 Å². The van der Waals surface area contributed by atoms with Crippen molar-refractivity contribution < 1.29 is 17.9 Å². The third-order valence-electron chi connectivity index (χ3n) is 3.03. The number of rotatable bonds is 10. The molecule has 2 N–H and O–H groups in total. The molecule has 1 aromatic rings. The van der Waals surface area contributed by atoms with Gasteiger partial charge in [0.25, 0.3) is 5.91 Å². The highest BCUT2D eigenvalue weighted by molar-refractivity contribution is 7.89. The zero-order valence-corrected chi connectivity index (χ0v) is 14.8. The molecule has 23 heavy (non-hydrogen) atoms. The summed E-state index contributed by atoms with van der Waals surface area (Å²) in [5.74, 6) is 0.637. The minimum atomic E-state index is -3.48. The molecule has 130 valence electrons. The van der Waals surface area contributed by atoms with Crippen LogP contribution in [0, 0.1) is 5.92 Å². The number of hydrogen-bond donors (Lipinski definition) is 2. The van der Waals surface area contributed by atoms with Crippen LogP contribution in [-0.2, 0) is 14.8 Å². The number of carbonyl (C=O) groups excluding carboxylic acids is 1. The SMILES string of the molecule is CCCCNS(=O)(=O)c1ccc(OCC(=O)NCC(C)C)cc1. The summed E-state index contributed by atoms with van der Waals surface area (Å²) in [5, 5.41) is 2.75. The highest BCUT2D eigenvalue weighted by Gasteiger charge is 2.13. The van der Waals surface area contributed by atoms with E-state index in [2.05, 4.69) is 10.0 Å². The van der Waals surface area contributed by atoms with Crippen molar-refractivity contribution in [3.63, 3.8) is 0 Å². The molecule has 0 aromatic heterocycles. The first kappa shape index (κ1) is 19.4. The number of hydrogen-bond acceptors (Lipinski definition) is 4. The fourth-order valence-electron chi connectivity index (χ4n) is 1.70. The molecule has 1 amide bonds. The summed E-state index contributed by atoms with van der Waals surface area (Å²) < 4.78 is 31.9. The molecule has 0 aliphatic heterocycles. The molecule has 0 bridgehead atoms. The van der Waals surface area contributed by atoms with Gasteiger partial charge in [0.15, 0.2) is 6.61 Å². The van der Waals surface area contributed by atoms with Gasteiger partial charge in [0.05, 0.1) is 4.90 Å². The molecule has 0 unspecified atom stereocenters. The Balaban J connectivity index is 2.51. The van der Waals surface area contributed by atoms with E-state index < -0.39 is 10.0 Å². The normalized spacial score (nSPS) is 11.5. The highest BCUT2D eigenvalue weighted by atomic mass is 32.2. The Kier molecular flexibility index (Phi) is 8.05. The third-order valence-corrected chi connectivity index (χ3v) is 4.51. The molecule has 7 heteroatoms. The third kappa shape index (κ3) is 7.47. The highest BCUT2D eigenvalue weighted by Crippen LogP contribution is 2.15. The molecular weight excluding hydrogens is 316 g/mol. The van der Waals surface area contributed by atoms with Crippen LogP contribution in [0.4, 0.5) is 0 Å². The van der Waals surface area contributed by atoms with Crippen molar-refractivity contribution in [1.29, 1.82) is 0 Å². The van der Waals surface area contributed by atoms with E-state index in [9.17, 15) is 13.2 Å². The average molecular weight is 342 g/mol. The van der Waals surface area contributed by atoms with E-state index in [0.29, 0.717) is 24.8 Å². The molecule has 0 radical (unpaired) electrons. The lowest BCUT2D eigenvalue weighted by Gasteiger charge is -2.10. The number of unbranched alkanes of at least 4 members (excludes halogenated alkanes) is 1. The van der Waals surface area contributed by atoms with E-state index in [1.807, 2.05) is 20.8 Å². The predicted molar refractivity (Wildman–Crippen MR) is 89.9 cm³/mol. The molecule has 0 aliphatic carbocycles. The topological polar surface area (TPSA) is 84.5 Å². The van der Waals surface area contributed by atoms with Gasteiger partial charge in [-0.15, -0.1) is 0 Å². The average Bonchev–Trinajstić information content (AvgIpc) is 2.51. The fraction of sp³-hybridized carbons (Fsp3) is 0.562. The predicted octanol–water partition coefficient (Wildman–Crippen LogP) is 1.92. The van der Waals surface area contributed by atoms with Crippen LogP contribution in [0.15, 0.2) is 29.2 Å². The second-order valence-corrected chi connectivity index (χ2v) is 7.48. The van der Waals surface area contributed by atoms with Gasteiger partial charge in [-0.1, -0.05) is 27.2 Å². The molecule has 0 heterocycles. The molecule has 1 rings (SSSR count). The summed E-state index contributed by atoms with van der Waals surface area (Å²) in [6.07, 6.45) is 1.72. The molecule has 6 nitrogen and oxygen atoms in total. The summed E-state index contributed by atoms with van der Waals surface area (Å²) in [6, 6.07) is 6.03. The quantitative estimate of drug-likeness (QED) is 0.636. The van der Waals surface area contributed by atoms with Gasteiger partial charge in [-0.3, -0.25) is 4.79 Å². The minimum Gasteiger partial charge on any atom is -0.484 e. The number of sulfonamides is 1. The Bertz CT molecular complexity index is 583. The summed E-state index contributed by atoms with van der Waals surface area (Å²) in [4.78, 5) is 11.7. The van der Waals surface area contributed by atoms with E-state index in [-0.39, 0.29) is 17.4 Å². The second-order valence-electron chi connectivity index (χ2n) is 5.71. The lowest BCUT2D eigenvalue weighted by atomic mass is 10.2. The van der Waals surface area contributed by atoms with Crippen molar-refractivity contribution in [2.45, 2.75) is 38.5 Å². The zero-order chi connectivity index (χ0) is 17.3. The van der Waals surface area contributed by atoms with Gasteiger partial charge < -0.3 is 10.1 Å². The maximum atomic E-state index is 12.0. The van der Waals surface area contributed by atoms with Crippen LogP contribution < -0.4 is 14.8 Å². The van der Waals surface area contributed by atoms with Gasteiger partial charge in [-0.2, -0.15) is 0 Å². The fourth-order valence-corrected chi connectivity index (χ4v) is 2.77. The number of benzene rings is 1. The van der Waals surface area contributed by atoms with E-state index in [4.69, 9.17) is 4.74 Å². The Morgan fingerprint density at radius 3 is 2.43 bits per heavy atom. The smallest absolute Gasteiger partial charge is 0.257 e. The minimum absolute atomic E-state index is 0.0897. The van der Waals surface area contributed by atoms with Gasteiger partial charge in [-0.05, 0) is 36.6 Å². The van der Waals surface area contributed by atoms with E-state index in [1.165, 1.54) is 12.1 Å². The molecule has 0 aliphatic rings. The van der Waals surface area contributed by atoms with Gasteiger partial charge in [0, 0.05) is 13.1 Å². The first-order chi connectivity index (χ1) is 10.8.